The Hall–Kier alpha value is -1.51. The van der Waals surface area contributed by atoms with Crippen molar-refractivity contribution in [1.29, 1.82) is 0 Å². The molecule has 0 saturated carbocycles. The smallest absolute Gasteiger partial charge is 0.244 e. The van der Waals surface area contributed by atoms with Gasteiger partial charge >= 0.3 is 0 Å². The molecule has 21 heavy (non-hydrogen) atoms. The molecule has 1 aliphatic heterocycles. The van der Waals surface area contributed by atoms with Gasteiger partial charge in [0.05, 0.1) is 11.6 Å². The van der Waals surface area contributed by atoms with Crippen molar-refractivity contribution in [2.24, 2.45) is 11.7 Å². The second kappa shape index (κ2) is 6.50. The summed E-state index contributed by atoms with van der Waals surface area (Å²) in [5.74, 6) is -0.415. The van der Waals surface area contributed by atoms with Gasteiger partial charge in [-0.05, 0) is 25.0 Å². The summed E-state index contributed by atoms with van der Waals surface area (Å²) in [4.78, 5) is 15.9. The highest BCUT2D eigenvalue weighted by atomic mass is 32.2. The fourth-order valence-electron chi connectivity index (χ4n) is 2.41. The summed E-state index contributed by atoms with van der Waals surface area (Å²) in [6.07, 6.45) is 2.70. The first-order valence-corrected chi connectivity index (χ1v) is 8.29. The molecule has 1 fully saturated rings. The quantitative estimate of drug-likeness (QED) is 0.793. The number of hydrogen-bond acceptors (Lipinski definition) is 5. The van der Waals surface area contributed by atoms with Crippen LogP contribution >= 0.6 is 0 Å². The van der Waals surface area contributed by atoms with Crippen molar-refractivity contribution in [2.75, 3.05) is 20.1 Å². The van der Waals surface area contributed by atoms with Crippen molar-refractivity contribution in [2.45, 2.75) is 24.3 Å². The van der Waals surface area contributed by atoms with Crippen LogP contribution in [0.4, 0.5) is 0 Å². The van der Waals surface area contributed by atoms with Crippen molar-refractivity contribution in [3.63, 3.8) is 0 Å². The Morgan fingerprint density at radius 3 is 2.86 bits per heavy atom. The Balaban J connectivity index is 2.19. The number of piperidine rings is 1. The first-order valence-electron chi connectivity index (χ1n) is 6.85. The summed E-state index contributed by atoms with van der Waals surface area (Å²) >= 11 is 0. The van der Waals surface area contributed by atoms with Crippen LogP contribution in [0.25, 0.3) is 0 Å². The largest absolute Gasteiger partial charge is 0.359 e. The molecule has 0 bridgehead atoms. The lowest BCUT2D eigenvalue weighted by molar-refractivity contribution is -0.125. The normalized spacial score (nSPS) is 20.2. The number of carbonyl (C=O) groups excluding carboxylic acids is 1. The molecule has 0 spiro atoms. The summed E-state index contributed by atoms with van der Waals surface area (Å²) in [6, 6.07) is 3.11. The van der Waals surface area contributed by atoms with Gasteiger partial charge in [0.1, 0.15) is 4.90 Å². The van der Waals surface area contributed by atoms with Crippen LogP contribution < -0.4 is 11.1 Å². The third-order valence-electron chi connectivity index (χ3n) is 3.65. The molecule has 0 radical (unpaired) electrons. The van der Waals surface area contributed by atoms with E-state index in [9.17, 15) is 13.2 Å². The summed E-state index contributed by atoms with van der Waals surface area (Å²) < 4.78 is 26.5. The number of pyridine rings is 1. The molecule has 1 amide bonds. The van der Waals surface area contributed by atoms with E-state index in [0.717, 1.165) is 0 Å². The highest BCUT2D eigenvalue weighted by molar-refractivity contribution is 7.89. The molecule has 0 aromatic carbocycles. The standard InChI is InChI=1S/C13H20N4O3S/c1-15-13(18)10-3-2-6-17(9-10)21(19,20)12-5-4-11(7-14)16-8-12/h4-5,8,10H,2-3,6-7,9,14H2,1H3,(H,15,18). The van der Waals surface area contributed by atoms with Crippen LogP contribution in [0.1, 0.15) is 18.5 Å². The fraction of sp³-hybridized carbons (Fsp3) is 0.538. The Morgan fingerprint density at radius 2 is 2.29 bits per heavy atom. The number of nitrogens with one attached hydrogen (secondary N) is 1. The van der Waals surface area contributed by atoms with E-state index in [1.807, 2.05) is 0 Å². The molecule has 7 nitrogen and oxygen atoms in total. The van der Waals surface area contributed by atoms with Gasteiger partial charge in [-0.25, -0.2) is 8.42 Å². The van der Waals surface area contributed by atoms with Crippen molar-refractivity contribution in [3.05, 3.63) is 24.0 Å². The number of aromatic nitrogens is 1. The Kier molecular flexibility index (Phi) is 4.92. The number of sulfonamides is 1. The van der Waals surface area contributed by atoms with Gasteiger partial charge in [-0.3, -0.25) is 9.78 Å². The van der Waals surface area contributed by atoms with Crippen molar-refractivity contribution in [1.82, 2.24) is 14.6 Å². The predicted molar refractivity (Wildman–Crippen MR) is 77.7 cm³/mol. The number of nitrogens with two attached hydrogens (primary N) is 1. The van der Waals surface area contributed by atoms with E-state index in [-0.39, 0.29) is 29.8 Å². The Morgan fingerprint density at radius 1 is 1.52 bits per heavy atom. The van der Waals surface area contributed by atoms with Crippen LogP contribution in [0.5, 0.6) is 0 Å². The molecule has 1 aromatic rings. The zero-order valence-electron chi connectivity index (χ0n) is 11.9. The first kappa shape index (κ1) is 15.9. The average Bonchev–Trinajstić information content (AvgIpc) is 2.54. The van der Waals surface area contributed by atoms with E-state index in [4.69, 9.17) is 5.73 Å². The van der Waals surface area contributed by atoms with Gasteiger partial charge in [-0.1, -0.05) is 0 Å². The highest BCUT2D eigenvalue weighted by Crippen LogP contribution is 2.23. The molecule has 0 aliphatic carbocycles. The van der Waals surface area contributed by atoms with Gasteiger partial charge in [-0.15, -0.1) is 0 Å². The van der Waals surface area contributed by atoms with Crippen LogP contribution in [0.2, 0.25) is 0 Å². The number of amides is 1. The SMILES string of the molecule is CNC(=O)C1CCCN(S(=O)(=O)c2ccc(CN)nc2)C1. The number of hydrogen-bond donors (Lipinski definition) is 2. The maximum Gasteiger partial charge on any atom is 0.244 e. The minimum atomic E-state index is -3.61. The van der Waals surface area contributed by atoms with Crippen molar-refractivity contribution >= 4 is 15.9 Å². The minimum Gasteiger partial charge on any atom is -0.359 e. The average molecular weight is 312 g/mol. The summed E-state index contributed by atoms with van der Waals surface area (Å²) in [5.41, 5.74) is 6.09. The van der Waals surface area contributed by atoms with E-state index in [2.05, 4.69) is 10.3 Å². The lowest BCUT2D eigenvalue weighted by Gasteiger charge is -2.30. The second-order valence-electron chi connectivity index (χ2n) is 5.01. The van der Waals surface area contributed by atoms with Gasteiger partial charge in [-0.2, -0.15) is 4.31 Å². The van der Waals surface area contributed by atoms with E-state index in [0.29, 0.717) is 25.1 Å². The zero-order chi connectivity index (χ0) is 15.5. The summed E-state index contributed by atoms with van der Waals surface area (Å²) in [6.45, 7) is 0.901. The van der Waals surface area contributed by atoms with Crippen LogP contribution in [0, 0.1) is 5.92 Å². The molecule has 116 valence electrons. The minimum absolute atomic E-state index is 0.119. The van der Waals surface area contributed by atoms with Gasteiger partial charge in [0.25, 0.3) is 0 Å². The molecule has 1 aliphatic rings. The first-order chi connectivity index (χ1) is 9.98. The summed E-state index contributed by atoms with van der Waals surface area (Å²) in [7, 11) is -2.05. The van der Waals surface area contributed by atoms with Crippen LogP contribution in [0.15, 0.2) is 23.2 Å². The third kappa shape index (κ3) is 3.39. The maximum absolute atomic E-state index is 12.6. The van der Waals surface area contributed by atoms with Crippen LogP contribution in [0.3, 0.4) is 0 Å². The number of nitrogens with zero attached hydrogens (tertiary/aromatic N) is 2. The van der Waals surface area contributed by atoms with Gasteiger partial charge in [0.2, 0.25) is 15.9 Å². The van der Waals surface area contributed by atoms with Gasteiger partial charge < -0.3 is 11.1 Å². The molecule has 1 aromatic heterocycles. The molecule has 1 saturated heterocycles. The fourth-order valence-corrected chi connectivity index (χ4v) is 3.88. The number of rotatable bonds is 4. The van der Waals surface area contributed by atoms with E-state index >= 15 is 0 Å². The van der Waals surface area contributed by atoms with Crippen LogP contribution in [-0.4, -0.2) is 43.8 Å². The maximum atomic E-state index is 12.6. The second-order valence-corrected chi connectivity index (χ2v) is 6.94. The van der Waals surface area contributed by atoms with E-state index in [1.54, 1.807) is 13.1 Å². The summed E-state index contributed by atoms with van der Waals surface area (Å²) in [5, 5.41) is 2.57. The molecule has 2 rings (SSSR count). The number of carbonyl (C=O) groups is 1. The molecular formula is C13H20N4O3S. The van der Waals surface area contributed by atoms with Gasteiger partial charge in [0.15, 0.2) is 0 Å². The Labute approximate surface area is 124 Å². The molecule has 1 atom stereocenters. The molecule has 1 unspecified atom stereocenters. The van der Waals surface area contributed by atoms with E-state index < -0.39 is 10.0 Å². The van der Waals surface area contributed by atoms with Gasteiger partial charge in [0, 0.05) is 32.9 Å². The van der Waals surface area contributed by atoms with Crippen LogP contribution in [-0.2, 0) is 21.4 Å². The lowest BCUT2D eigenvalue weighted by Crippen LogP contribution is -2.44. The zero-order valence-corrected chi connectivity index (χ0v) is 12.8. The monoisotopic (exact) mass is 312 g/mol. The molecule has 8 heteroatoms. The molecule has 3 N–H and O–H groups in total. The van der Waals surface area contributed by atoms with Crippen molar-refractivity contribution < 1.29 is 13.2 Å². The van der Waals surface area contributed by atoms with E-state index in [1.165, 1.54) is 16.6 Å². The molecular weight excluding hydrogens is 292 g/mol. The Bertz CT molecular complexity index is 600. The molecule has 2 heterocycles. The topological polar surface area (TPSA) is 105 Å². The predicted octanol–water partition coefficient (Wildman–Crippen LogP) is -0.313. The lowest BCUT2D eigenvalue weighted by atomic mass is 9.99. The third-order valence-corrected chi connectivity index (χ3v) is 5.49. The highest BCUT2D eigenvalue weighted by Gasteiger charge is 2.33. The van der Waals surface area contributed by atoms with Crippen molar-refractivity contribution in [3.8, 4) is 0 Å².